The third kappa shape index (κ3) is 2.86. The fourth-order valence-electron chi connectivity index (χ4n) is 3.38. The zero-order chi connectivity index (χ0) is 18.1. The van der Waals surface area contributed by atoms with Crippen molar-refractivity contribution in [3.8, 4) is 11.3 Å². The first kappa shape index (κ1) is 16.1. The van der Waals surface area contributed by atoms with E-state index in [1.165, 1.54) is 12.5 Å². The zero-order valence-corrected chi connectivity index (χ0v) is 14.2. The number of aromatic amines is 1. The maximum atomic E-state index is 11.4. The lowest BCUT2D eigenvalue weighted by molar-refractivity contribution is -0.482. The van der Waals surface area contributed by atoms with Crippen LogP contribution in [0.4, 0.5) is 0 Å². The SMILES string of the molecule is Cc1ccc2c(C(C[N+](=O)[O-])c3ncco3)c(-c3ccccc3)[nH]c2c1. The van der Waals surface area contributed by atoms with Crippen LogP contribution >= 0.6 is 0 Å². The lowest BCUT2D eigenvalue weighted by Crippen LogP contribution is -2.15. The molecule has 2 aromatic heterocycles. The molecule has 6 heteroatoms. The Morgan fingerprint density at radius 1 is 1.23 bits per heavy atom. The number of aryl methyl sites for hydroxylation is 1. The average molecular weight is 347 g/mol. The smallest absolute Gasteiger partial charge is 0.219 e. The molecule has 0 fully saturated rings. The summed E-state index contributed by atoms with van der Waals surface area (Å²) < 4.78 is 5.45. The molecule has 0 aliphatic rings. The van der Waals surface area contributed by atoms with E-state index in [0.29, 0.717) is 5.89 Å². The number of nitrogens with zero attached hydrogens (tertiary/aromatic N) is 2. The summed E-state index contributed by atoms with van der Waals surface area (Å²) in [5.41, 5.74) is 4.73. The fourth-order valence-corrected chi connectivity index (χ4v) is 3.38. The van der Waals surface area contributed by atoms with Gasteiger partial charge in [-0.2, -0.15) is 0 Å². The fraction of sp³-hybridized carbons (Fsp3) is 0.150. The van der Waals surface area contributed by atoms with Crippen molar-refractivity contribution in [1.82, 2.24) is 9.97 Å². The van der Waals surface area contributed by atoms with Gasteiger partial charge < -0.3 is 9.40 Å². The molecule has 0 saturated carbocycles. The molecular weight excluding hydrogens is 330 g/mol. The van der Waals surface area contributed by atoms with Gasteiger partial charge in [0.2, 0.25) is 12.4 Å². The van der Waals surface area contributed by atoms with Gasteiger partial charge in [0.05, 0.1) is 11.9 Å². The zero-order valence-electron chi connectivity index (χ0n) is 14.2. The minimum atomic E-state index is -0.577. The maximum absolute atomic E-state index is 11.4. The summed E-state index contributed by atoms with van der Waals surface area (Å²) in [4.78, 5) is 18.7. The van der Waals surface area contributed by atoms with Crippen LogP contribution in [0.1, 0.15) is 22.9 Å². The van der Waals surface area contributed by atoms with Gasteiger partial charge in [-0.15, -0.1) is 0 Å². The highest BCUT2D eigenvalue weighted by Gasteiger charge is 2.30. The number of oxazole rings is 1. The number of rotatable bonds is 5. The van der Waals surface area contributed by atoms with E-state index in [4.69, 9.17) is 4.42 Å². The molecule has 130 valence electrons. The summed E-state index contributed by atoms with van der Waals surface area (Å²) in [5, 5.41) is 12.3. The quantitative estimate of drug-likeness (QED) is 0.424. The van der Waals surface area contributed by atoms with Crippen LogP contribution in [-0.4, -0.2) is 21.4 Å². The van der Waals surface area contributed by atoms with Crippen molar-refractivity contribution in [3.05, 3.63) is 88.1 Å². The second kappa shape index (κ2) is 6.48. The third-order valence-electron chi connectivity index (χ3n) is 4.49. The highest BCUT2D eigenvalue weighted by atomic mass is 16.6. The van der Waals surface area contributed by atoms with Gasteiger partial charge in [0, 0.05) is 21.4 Å². The topological polar surface area (TPSA) is 85.0 Å². The van der Waals surface area contributed by atoms with E-state index in [-0.39, 0.29) is 11.5 Å². The standard InChI is InChI=1S/C20H17N3O3/c1-13-7-8-15-17(11-13)22-19(14-5-3-2-4-6-14)18(15)16(12-23(24)25)20-21-9-10-26-20/h2-11,16,22H,12H2,1H3. The number of benzene rings is 2. The highest BCUT2D eigenvalue weighted by molar-refractivity contribution is 5.92. The van der Waals surface area contributed by atoms with Crippen molar-refractivity contribution in [2.45, 2.75) is 12.8 Å². The Kier molecular flexibility index (Phi) is 4.01. The summed E-state index contributed by atoms with van der Waals surface area (Å²) in [6.45, 7) is 1.73. The van der Waals surface area contributed by atoms with Crippen LogP contribution in [0.15, 0.2) is 65.4 Å². The molecule has 0 saturated heterocycles. The van der Waals surface area contributed by atoms with E-state index in [2.05, 4.69) is 9.97 Å². The van der Waals surface area contributed by atoms with E-state index in [1.807, 2.05) is 55.5 Å². The second-order valence-electron chi connectivity index (χ2n) is 6.27. The van der Waals surface area contributed by atoms with Crippen molar-refractivity contribution in [2.75, 3.05) is 6.54 Å². The van der Waals surface area contributed by atoms with Gasteiger partial charge in [0.1, 0.15) is 12.2 Å². The number of fused-ring (bicyclic) bond motifs is 1. The molecule has 4 aromatic rings. The van der Waals surface area contributed by atoms with Crippen molar-refractivity contribution in [3.63, 3.8) is 0 Å². The molecule has 0 bridgehead atoms. The van der Waals surface area contributed by atoms with Crippen LogP contribution in [0.3, 0.4) is 0 Å². The largest absolute Gasteiger partial charge is 0.448 e. The van der Waals surface area contributed by atoms with E-state index in [0.717, 1.165) is 33.3 Å². The number of hydrogen-bond acceptors (Lipinski definition) is 4. The Bertz CT molecular complexity index is 1050. The Balaban J connectivity index is 2.00. The lowest BCUT2D eigenvalue weighted by Gasteiger charge is -2.12. The van der Waals surface area contributed by atoms with Crippen LogP contribution < -0.4 is 0 Å². The lowest BCUT2D eigenvalue weighted by atomic mass is 9.92. The number of hydrogen-bond donors (Lipinski definition) is 1. The van der Waals surface area contributed by atoms with Gasteiger partial charge in [0.25, 0.3) is 0 Å². The van der Waals surface area contributed by atoms with Gasteiger partial charge in [-0.05, 0) is 24.1 Å². The molecule has 2 aromatic carbocycles. The minimum absolute atomic E-state index is 0.290. The van der Waals surface area contributed by atoms with E-state index in [1.54, 1.807) is 0 Å². The van der Waals surface area contributed by atoms with Gasteiger partial charge in [-0.3, -0.25) is 10.1 Å². The van der Waals surface area contributed by atoms with E-state index >= 15 is 0 Å². The van der Waals surface area contributed by atoms with Crippen LogP contribution in [0.25, 0.3) is 22.2 Å². The van der Waals surface area contributed by atoms with E-state index < -0.39 is 5.92 Å². The number of aromatic nitrogens is 2. The van der Waals surface area contributed by atoms with Gasteiger partial charge >= 0.3 is 0 Å². The molecule has 26 heavy (non-hydrogen) atoms. The predicted molar refractivity (Wildman–Crippen MR) is 98.7 cm³/mol. The van der Waals surface area contributed by atoms with Crippen molar-refractivity contribution in [2.24, 2.45) is 0 Å². The minimum Gasteiger partial charge on any atom is -0.448 e. The van der Waals surface area contributed by atoms with Crippen LogP contribution in [0.5, 0.6) is 0 Å². The molecule has 1 unspecified atom stereocenters. The van der Waals surface area contributed by atoms with Crippen molar-refractivity contribution >= 4 is 10.9 Å². The Morgan fingerprint density at radius 2 is 2.04 bits per heavy atom. The molecular formula is C20H17N3O3. The van der Waals surface area contributed by atoms with Gasteiger partial charge in [-0.25, -0.2) is 4.98 Å². The Hall–Kier alpha value is -3.41. The summed E-state index contributed by atoms with van der Waals surface area (Å²) in [6, 6.07) is 15.9. The molecule has 1 atom stereocenters. The summed E-state index contributed by atoms with van der Waals surface area (Å²) in [5.74, 6) is -0.230. The molecule has 1 N–H and O–H groups in total. The first-order chi connectivity index (χ1) is 12.6. The molecule has 0 aliphatic heterocycles. The van der Waals surface area contributed by atoms with Crippen LogP contribution in [-0.2, 0) is 0 Å². The summed E-state index contributed by atoms with van der Waals surface area (Å²) in [6.07, 6.45) is 2.97. The average Bonchev–Trinajstić information content (AvgIpc) is 3.28. The molecule has 2 heterocycles. The van der Waals surface area contributed by atoms with Gasteiger partial charge in [0.15, 0.2) is 0 Å². The van der Waals surface area contributed by atoms with Crippen LogP contribution in [0, 0.1) is 17.0 Å². The maximum Gasteiger partial charge on any atom is 0.219 e. The van der Waals surface area contributed by atoms with Crippen LogP contribution in [0.2, 0.25) is 0 Å². The van der Waals surface area contributed by atoms with Crippen molar-refractivity contribution < 1.29 is 9.34 Å². The molecule has 0 radical (unpaired) electrons. The molecule has 0 aliphatic carbocycles. The Labute approximate surface area is 149 Å². The van der Waals surface area contributed by atoms with E-state index in [9.17, 15) is 10.1 Å². The number of H-pyrrole nitrogens is 1. The normalized spacial score (nSPS) is 12.3. The first-order valence-electron chi connectivity index (χ1n) is 8.32. The Morgan fingerprint density at radius 3 is 2.73 bits per heavy atom. The van der Waals surface area contributed by atoms with Gasteiger partial charge in [-0.1, -0.05) is 42.5 Å². The predicted octanol–water partition coefficient (Wildman–Crippen LogP) is 4.54. The number of nitro groups is 1. The molecule has 0 spiro atoms. The summed E-state index contributed by atoms with van der Waals surface area (Å²) in [7, 11) is 0. The molecule has 0 amide bonds. The highest BCUT2D eigenvalue weighted by Crippen LogP contribution is 2.38. The monoisotopic (exact) mass is 347 g/mol. The molecule has 6 nitrogen and oxygen atoms in total. The third-order valence-corrected chi connectivity index (χ3v) is 4.49. The second-order valence-corrected chi connectivity index (χ2v) is 6.27. The summed E-state index contributed by atoms with van der Waals surface area (Å²) >= 11 is 0. The van der Waals surface area contributed by atoms with Crippen molar-refractivity contribution in [1.29, 1.82) is 0 Å². The number of nitrogens with one attached hydrogen (secondary N) is 1. The first-order valence-corrected chi connectivity index (χ1v) is 8.32. The molecule has 4 rings (SSSR count).